The molecule has 0 amide bonds. The second-order valence-corrected chi connectivity index (χ2v) is 6.87. The summed E-state index contributed by atoms with van der Waals surface area (Å²) in [5, 5.41) is 6.51. The Hall–Kier alpha value is -3.40. The number of benzene rings is 3. The third kappa shape index (κ3) is 3.18. The van der Waals surface area contributed by atoms with E-state index in [9.17, 15) is 4.79 Å². The zero-order valence-electron chi connectivity index (χ0n) is 16.2. The molecule has 0 unspecified atom stereocenters. The van der Waals surface area contributed by atoms with E-state index >= 15 is 0 Å². The second-order valence-electron chi connectivity index (χ2n) is 6.87. The first-order chi connectivity index (χ1) is 13.6. The summed E-state index contributed by atoms with van der Waals surface area (Å²) >= 11 is 0. The maximum absolute atomic E-state index is 12.6. The molecule has 0 aliphatic heterocycles. The van der Waals surface area contributed by atoms with Gasteiger partial charge in [-0.25, -0.2) is 4.79 Å². The van der Waals surface area contributed by atoms with Crippen LogP contribution in [0.15, 0.2) is 60.8 Å². The molecule has 1 aromatic heterocycles. The van der Waals surface area contributed by atoms with E-state index in [1.807, 2.05) is 24.3 Å². The summed E-state index contributed by atoms with van der Waals surface area (Å²) in [5.41, 5.74) is 5.35. The molecule has 1 heterocycles. The van der Waals surface area contributed by atoms with Crippen molar-refractivity contribution in [3.05, 3.63) is 77.5 Å². The lowest BCUT2D eigenvalue weighted by atomic mass is 10.0. The van der Waals surface area contributed by atoms with E-state index in [0.717, 1.165) is 33.1 Å². The standard InChI is InChI=1S/C24H22N2O2/c1-4-28-24(27)21-14-25-22-19-8-6-5-7-17(19)10-12-20(22)23(21)26-18-11-9-15(2)16(3)13-18/h5-14H,4H2,1-3H3,(H,25,26). The summed E-state index contributed by atoms with van der Waals surface area (Å²) in [6.45, 7) is 6.27. The summed E-state index contributed by atoms with van der Waals surface area (Å²) in [7, 11) is 0. The number of nitrogens with zero attached hydrogens (tertiary/aromatic N) is 1. The van der Waals surface area contributed by atoms with Crippen molar-refractivity contribution in [2.45, 2.75) is 20.8 Å². The molecule has 0 radical (unpaired) electrons. The van der Waals surface area contributed by atoms with Crippen molar-refractivity contribution in [2.75, 3.05) is 11.9 Å². The summed E-state index contributed by atoms with van der Waals surface area (Å²) < 4.78 is 5.27. The first kappa shape index (κ1) is 18.0. The monoisotopic (exact) mass is 370 g/mol. The van der Waals surface area contributed by atoms with Gasteiger partial charge in [0.05, 0.1) is 17.8 Å². The van der Waals surface area contributed by atoms with Crippen LogP contribution in [0, 0.1) is 13.8 Å². The van der Waals surface area contributed by atoms with Crippen LogP contribution in [0.25, 0.3) is 21.7 Å². The van der Waals surface area contributed by atoms with Gasteiger partial charge >= 0.3 is 5.97 Å². The van der Waals surface area contributed by atoms with Crippen molar-refractivity contribution in [3.8, 4) is 0 Å². The predicted molar refractivity (Wildman–Crippen MR) is 114 cm³/mol. The number of hydrogen-bond donors (Lipinski definition) is 1. The number of fused-ring (bicyclic) bond motifs is 3. The Bertz CT molecular complexity index is 1200. The lowest BCUT2D eigenvalue weighted by Gasteiger charge is -2.16. The van der Waals surface area contributed by atoms with Crippen LogP contribution >= 0.6 is 0 Å². The highest BCUT2D eigenvalue weighted by atomic mass is 16.5. The van der Waals surface area contributed by atoms with Crippen LogP contribution in [-0.4, -0.2) is 17.6 Å². The van der Waals surface area contributed by atoms with Gasteiger partial charge in [-0.3, -0.25) is 4.98 Å². The van der Waals surface area contributed by atoms with Gasteiger partial charge in [0.15, 0.2) is 0 Å². The Labute approximate surface area is 164 Å². The minimum atomic E-state index is -0.378. The van der Waals surface area contributed by atoms with Gasteiger partial charge in [0.1, 0.15) is 5.56 Å². The summed E-state index contributed by atoms with van der Waals surface area (Å²) in [6.07, 6.45) is 1.61. The van der Waals surface area contributed by atoms with E-state index in [2.05, 4.69) is 54.5 Å². The van der Waals surface area contributed by atoms with Crippen molar-refractivity contribution in [3.63, 3.8) is 0 Å². The molecule has 0 spiro atoms. The van der Waals surface area contributed by atoms with Crippen LogP contribution in [0.4, 0.5) is 11.4 Å². The van der Waals surface area contributed by atoms with Gasteiger partial charge in [-0.05, 0) is 49.4 Å². The van der Waals surface area contributed by atoms with Crippen LogP contribution in [0.3, 0.4) is 0 Å². The van der Waals surface area contributed by atoms with Crippen molar-refractivity contribution < 1.29 is 9.53 Å². The first-order valence-corrected chi connectivity index (χ1v) is 9.40. The molecule has 0 aliphatic carbocycles. The maximum atomic E-state index is 12.6. The van der Waals surface area contributed by atoms with Crippen LogP contribution < -0.4 is 5.32 Å². The van der Waals surface area contributed by atoms with Crippen LogP contribution in [0.2, 0.25) is 0 Å². The van der Waals surface area contributed by atoms with Crippen LogP contribution in [0.1, 0.15) is 28.4 Å². The van der Waals surface area contributed by atoms with Crippen molar-refractivity contribution in [1.82, 2.24) is 4.98 Å². The van der Waals surface area contributed by atoms with Crippen LogP contribution in [0.5, 0.6) is 0 Å². The lowest BCUT2D eigenvalue weighted by molar-refractivity contribution is 0.0527. The fourth-order valence-corrected chi connectivity index (χ4v) is 3.40. The van der Waals surface area contributed by atoms with Gasteiger partial charge in [-0.15, -0.1) is 0 Å². The predicted octanol–water partition coefficient (Wildman–Crippen LogP) is 5.93. The van der Waals surface area contributed by atoms with Crippen molar-refractivity contribution >= 4 is 39.0 Å². The summed E-state index contributed by atoms with van der Waals surface area (Å²) in [4.78, 5) is 17.2. The van der Waals surface area contributed by atoms with Gasteiger partial charge in [-0.1, -0.05) is 42.5 Å². The van der Waals surface area contributed by atoms with E-state index in [-0.39, 0.29) is 5.97 Å². The van der Waals surface area contributed by atoms with E-state index in [4.69, 9.17) is 4.74 Å². The fourth-order valence-electron chi connectivity index (χ4n) is 3.40. The fraction of sp³-hybridized carbons (Fsp3) is 0.167. The normalized spacial score (nSPS) is 11.0. The smallest absolute Gasteiger partial charge is 0.341 e. The average Bonchev–Trinajstić information content (AvgIpc) is 2.71. The lowest BCUT2D eigenvalue weighted by Crippen LogP contribution is -2.09. The van der Waals surface area contributed by atoms with Crippen LogP contribution in [-0.2, 0) is 4.74 Å². The average molecular weight is 370 g/mol. The number of anilines is 2. The molecule has 28 heavy (non-hydrogen) atoms. The molecular weight excluding hydrogens is 348 g/mol. The minimum absolute atomic E-state index is 0.317. The molecule has 4 aromatic rings. The number of rotatable bonds is 4. The number of aryl methyl sites for hydroxylation is 2. The molecule has 0 aliphatic rings. The molecule has 0 atom stereocenters. The number of carbonyl (C=O) groups excluding carboxylic acids is 1. The Morgan fingerprint density at radius 1 is 1.00 bits per heavy atom. The van der Waals surface area contributed by atoms with Crippen molar-refractivity contribution in [1.29, 1.82) is 0 Å². The molecule has 140 valence electrons. The van der Waals surface area contributed by atoms with Gasteiger partial charge < -0.3 is 10.1 Å². The second kappa shape index (κ2) is 7.31. The number of nitrogens with one attached hydrogen (secondary N) is 1. The zero-order chi connectivity index (χ0) is 19.7. The largest absolute Gasteiger partial charge is 0.462 e. The molecule has 1 N–H and O–H groups in total. The minimum Gasteiger partial charge on any atom is -0.462 e. The maximum Gasteiger partial charge on any atom is 0.341 e. The SMILES string of the molecule is CCOC(=O)c1cnc2c(ccc3ccccc32)c1Nc1ccc(C)c(C)c1. The van der Waals surface area contributed by atoms with Gasteiger partial charge in [0.25, 0.3) is 0 Å². The Morgan fingerprint density at radius 2 is 1.82 bits per heavy atom. The Kier molecular flexibility index (Phi) is 4.70. The molecule has 4 rings (SSSR count). The zero-order valence-corrected chi connectivity index (χ0v) is 16.2. The van der Waals surface area contributed by atoms with E-state index < -0.39 is 0 Å². The van der Waals surface area contributed by atoms with E-state index in [1.54, 1.807) is 13.1 Å². The highest BCUT2D eigenvalue weighted by Crippen LogP contribution is 2.34. The molecule has 0 bridgehead atoms. The Balaban J connectivity index is 1.95. The van der Waals surface area contributed by atoms with Gasteiger partial charge in [-0.2, -0.15) is 0 Å². The number of carbonyl (C=O) groups is 1. The third-order valence-electron chi connectivity index (χ3n) is 5.03. The molecule has 3 aromatic carbocycles. The Morgan fingerprint density at radius 3 is 2.61 bits per heavy atom. The molecule has 4 heteroatoms. The number of ether oxygens (including phenoxy) is 1. The van der Waals surface area contributed by atoms with Crippen molar-refractivity contribution in [2.24, 2.45) is 0 Å². The highest BCUT2D eigenvalue weighted by molar-refractivity contribution is 6.13. The number of aromatic nitrogens is 1. The summed E-state index contributed by atoms with van der Waals surface area (Å²) in [6, 6.07) is 18.4. The number of esters is 1. The molecule has 0 fully saturated rings. The van der Waals surface area contributed by atoms with Gasteiger partial charge in [0, 0.05) is 22.7 Å². The van der Waals surface area contributed by atoms with E-state index in [0.29, 0.717) is 12.2 Å². The molecular formula is C24H22N2O2. The number of pyridine rings is 1. The van der Waals surface area contributed by atoms with E-state index in [1.165, 1.54) is 11.1 Å². The molecule has 4 nitrogen and oxygen atoms in total. The molecule has 0 saturated carbocycles. The molecule has 0 saturated heterocycles. The van der Waals surface area contributed by atoms with Gasteiger partial charge in [0.2, 0.25) is 0 Å². The third-order valence-corrected chi connectivity index (χ3v) is 5.03. The summed E-state index contributed by atoms with van der Waals surface area (Å²) in [5.74, 6) is -0.378. The topological polar surface area (TPSA) is 51.2 Å². The first-order valence-electron chi connectivity index (χ1n) is 9.40. The quantitative estimate of drug-likeness (QED) is 0.357. The highest BCUT2D eigenvalue weighted by Gasteiger charge is 2.18. The number of hydrogen-bond acceptors (Lipinski definition) is 4.